The molecule has 2 aliphatic rings. The van der Waals surface area contributed by atoms with Crippen LogP contribution in [0.5, 0.6) is 17.4 Å². The Bertz CT molecular complexity index is 998. The number of nitrogens with two attached hydrogens (primary N) is 1. The van der Waals surface area contributed by atoms with E-state index in [1.165, 1.54) is 6.07 Å². The zero-order chi connectivity index (χ0) is 18.5. The average Bonchev–Trinajstić information content (AvgIpc) is 2.96. The highest BCUT2D eigenvalue weighted by molar-refractivity contribution is 5.76. The monoisotopic (exact) mass is 351 g/mol. The van der Waals surface area contributed by atoms with Crippen molar-refractivity contribution in [2.75, 3.05) is 6.61 Å². The van der Waals surface area contributed by atoms with Gasteiger partial charge in [0.25, 0.3) is 6.02 Å². The van der Waals surface area contributed by atoms with E-state index in [1.54, 1.807) is 38.2 Å². The molecule has 1 aromatic carbocycles. The van der Waals surface area contributed by atoms with Crippen LogP contribution >= 0.6 is 0 Å². The van der Waals surface area contributed by atoms with E-state index in [9.17, 15) is 10.2 Å². The molecule has 0 amide bonds. The highest BCUT2D eigenvalue weighted by Crippen LogP contribution is 2.50. The summed E-state index contributed by atoms with van der Waals surface area (Å²) in [4.78, 5) is 8.85. The Morgan fingerprint density at radius 2 is 2.08 bits per heavy atom. The third kappa shape index (κ3) is 2.61. The Labute approximate surface area is 150 Å². The molecule has 1 aromatic heterocycles. The van der Waals surface area contributed by atoms with Gasteiger partial charge in [0.1, 0.15) is 23.7 Å². The number of ether oxygens (including phenoxy) is 2. The van der Waals surface area contributed by atoms with Gasteiger partial charge in [0.15, 0.2) is 5.54 Å². The summed E-state index contributed by atoms with van der Waals surface area (Å²) in [7, 11) is 0. The summed E-state index contributed by atoms with van der Waals surface area (Å²) in [6.07, 6.45) is 1.57. The number of fused-ring (bicyclic) bond motifs is 4. The SMILES string of the molecule is CC(C)(O)C#Cc1cnc2c(c1)C1(COC(N)=N1)c1cc(O)ccc1O2. The molecule has 0 saturated carbocycles. The van der Waals surface area contributed by atoms with Crippen molar-refractivity contribution in [3.63, 3.8) is 0 Å². The third-order valence-corrected chi connectivity index (χ3v) is 4.15. The number of aromatic hydroxyl groups is 1. The van der Waals surface area contributed by atoms with E-state index in [0.29, 0.717) is 28.3 Å². The summed E-state index contributed by atoms with van der Waals surface area (Å²) in [6, 6.07) is 6.62. The summed E-state index contributed by atoms with van der Waals surface area (Å²) in [5, 5.41) is 19.7. The van der Waals surface area contributed by atoms with Crippen LogP contribution in [0.3, 0.4) is 0 Å². The number of benzene rings is 1. The first-order chi connectivity index (χ1) is 12.3. The Balaban J connectivity index is 1.92. The molecule has 7 heteroatoms. The molecule has 1 atom stereocenters. The molecule has 3 heterocycles. The van der Waals surface area contributed by atoms with Gasteiger partial charge in [-0.15, -0.1) is 0 Å². The van der Waals surface area contributed by atoms with Crippen LogP contribution in [0.25, 0.3) is 0 Å². The first-order valence-electron chi connectivity index (χ1n) is 8.02. The van der Waals surface area contributed by atoms with Crippen LogP contribution in [0.15, 0.2) is 35.5 Å². The van der Waals surface area contributed by atoms with Gasteiger partial charge in [-0.1, -0.05) is 11.8 Å². The maximum atomic E-state index is 9.93. The van der Waals surface area contributed by atoms with Crippen molar-refractivity contribution < 1.29 is 19.7 Å². The molecule has 0 saturated heterocycles. The zero-order valence-electron chi connectivity index (χ0n) is 14.3. The molecule has 132 valence electrons. The van der Waals surface area contributed by atoms with Gasteiger partial charge >= 0.3 is 0 Å². The minimum atomic E-state index is -1.12. The van der Waals surface area contributed by atoms with Gasteiger partial charge in [-0.25, -0.2) is 9.98 Å². The summed E-state index contributed by atoms with van der Waals surface area (Å²) < 4.78 is 11.3. The number of pyridine rings is 1. The molecule has 0 fully saturated rings. The summed E-state index contributed by atoms with van der Waals surface area (Å²) in [5.74, 6) is 6.64. The van der Waals surface area contributed by atoms with Gasteiger partial charge in [0.2, 0.25) is 5.88 Å². The minimum Gasteiger partial charge on any atom is -0.508 e. The Morgan fingerprint density at radius 3 is 2.77 bits per heavy atom. The first-order valence-corrected chi connectivity index (χ1v) is 8.02. The molecule has 0 bridgehead atoms. The van der Waals surface area contributed by atoms with Crippen molar-refractivity contribution in [3.8, 4) is 29.2 Å². The van der Waals surface area contributed by atoms with Crippen molar-refractivity contribution >= 4 is 6.02 Å². The fraction of sp³-hybridized carbons (Fsp3) is 0.263. The molecular weight excluding hydrogens is 334 g/mol. The van der Waals surface area contributed by atoms with Gasteiger partial charge in [-0.3, -0.25) is 0 Å². The standard InChI is InChI=1S/C19H17N3O4/c1-18(2,24)6-5-11-7-14-16(21-9-11)26-15-4-3-12(23)8-13(15)19(14)10-25-17(20)22-19/h3-4,7-9,23-24H,10H2,1-2H3,(H2,20,22). The van der Waals surface area contributed by atoms with Gasteiger partial charge in [-0.05, 0) is 38.1 Å². The second kappa shape index (κ2) is 5.38. The highest BCUT2D eigenvalue weighted by Gasteiger charge is 2.47. The number of aliphatic imine (C=N–C) groups is 1. The van der Waals surface area contributed by atoms with E-state index in [0.717, 1.165) is 0 Å². The Hall–Kier alpha value is -3.24. The number of phenols is 1. The van der Waals surface area contributed by atoms with Crippen molar-refractivity contribution in [2.24, 2.45) is 10.7 Å². The molecule has 7 nitrogen and oxygen atoms in total. The third-order valence-electron chi connectivity index (χ3n) is 4.15. The van der Waals surface area contributed by atoms with Crippen LogP contribution < -0.4 is 10.5 Å². The topological polar surface area (TPSA) is 110 Å². The normalized spacial score (nSPS) is 20.2. The molecule has 4 rings (SSSR count). The van der Waals surface area contributed by atoms with E-state index in [1.807, 2.05) is 0 Å². The summed E-state index contributed by atoms with van der Waals surface area (Å²) >= 11 is 0. The molecule has 2 aromatic rings. The lowest BCUT2D eigenvalue weighted by molar-refractivity contribution is 0.143. The van der Waals surface area contributed by atoms with Crippen LogP contribution in [0.4, 0.5) is 0 Å². The number of nitrogens with zero attached hydrogens (tertiary/aromatic N) is 2. The fourth-order valence-electron chi connectivity index (χ4n) is 3.01. The molecule has 4 N–H and O–H groups in total. The quantitative estimate of drug-likeness (QED) is 0.622. The Kier molecular flexibility index (Phi) is 3.36. The number of amidine groups is 1. The number of phenolic OH excluding ortho intramolecular Hbond substituents is 1. The van der Waals surface area contributed by atoms with Crippen molar-refractivity contribution in [2.45, 2.75) is 25.0 Å². The summed E-state index contributed by atoms with van der Waals surface area (Å²) in [5.41, 5.74) is 5.57. The van der Waals surface area contributed by atoms with Crippen LogP contribution in [0, 0.1) is 11.8 Å². The number of hydrogen-bond acceptors (Lipinski definition) is 7. The first kappa shape index (κ1) is 16.2. The van der Waals surface area contributed by atoms with Crippen LogP contribution in [0.2, 0.25) is 0 Å². The molecule has 2 aliphatic heterocycles. The molecule has 0 aliphatic carbocycles. The predicted molar refractivity (Wildman–Crippen MR) is 93.9 cm³/mol. The lowest BCUT2D eigenvalue weighted by Crippen LogP contribution is -2.31. The zero-order valence-corrected chi connectivity index (χ0v) is 14.3. The number of hydrogen-bond donors (Lipinski definition) is 3. The molecule has 1 unspecified atom stereocenters. The summed E-state index contributed by atoms with van der Waals surface area (Å²) in [6.45, 7) is 3.37. The largest absolute Gasteiger partial charge is 0.508 e. The van der Waals surface area contributed by atoms with Crippen LogP contribution in [-0.2, 0) is 10.3 Å². The molecule has 26 heavy (non-hydrogen) atoms. The molecule has 0 radical (unpaired) electrons. The van der Waals surface area contributed by atoms with Crippen LogP contribution in [-0.4, -0.2) is 33.4 Å². The molecular formula is C19H17N3O4. The smallest absolute Gasteiger partial charge is 0.283 e. The van der Waals surface area contributed by atoms with E-state index in [2.05, 4.69) is 21.8 Å². The van der Waals surface area contributed by atoms with E-state index < -0.39 is 11.1 Å². The second-order valence-corrected chi connectivity index (χ2v) is 6.77. The van der Waals surface area contributed by atoms with E-state index in [-0.39, 0.29) is 18.4 Å². The fourth-order valence-corrected chi connectivity index (χ4v) is 3.01. The predicted octanol–water partition coefficient (Wildman–Crippen LogP) is 1.60. The van der Waals surface area contributed by atoms with E-state index >= 15 is 0 Å². The highest BCUT2D eigenvalue weighted by atomic mass is 16.5. The lowest BCUT2D eigenvalue weighted by Gasteiger charge is -2.32. The molecule has 1 spiro atoms. The number of aromatic nitrogens is 1. The van der Waals surface area contributed by atoms with Gasteiger partial charge in [-0.2, -0.15) is 0 Å². The van der Waals surface area contributed by atoms with Crippen LogP contribution in [0.1, 0.15) is 30.5 Å². The van der Waals surface area contributed by atoms with Crippen molar-refractivity contribution in [1.29, 1.82) is 0 Å². The maximum absolute atomic E-state index is 9.93. The second-order valence-electron chi connectivity index (χ2n) is 6.77. The van der Waals surface area contributed by atoms with Gasteiger partial charge in [0, 0.05) is 17.3 Å². The Morgan fingerprint density at radius 1 is 1.27 bits per heavy atom. The lowest BCUT2D eigenvalue weighted by atomic mass is 9.82. The number of aliphatic hydroxyl groups is 1. The van der Waals surface area contributed by atoms with Gasteiger partial charge < -0.3 is 25.4 Å². The maximum Gasteiger partial charge on any atom is 0.283 e. The minimum absolute atomic E-state index is 0.0557. The van der Waals surface area contributed by atoms with Gasteiger partial charge in [0.05, 0.1) is 5.56 Å². The van der Waals surface area contributed by atoms with Crippen molar-refractivity contribution in [3.05, 3.63) is 47.2 Å². The van der Waals surface area contributed by atoms with Crippen molar-refractivity contribution in [1.82, 2.24) is 4.98 Å². The number of rotatable bonds is 0. The average molecular weight is 351 g/mol. The van der Waals surface area contributed by atoms with E-state index in [4.69, 9.17) is 15.2 Å².